The van der Waals surface area contributed by atoms with E-state index in [1.807, 2.05) is 13.2 Å². The number of nitrogens with zero attached hydrogens (tertiary/aromatic N) is 2. The van der Waals surface area contributed by atoms with Gasteiger partial charge in [0.05, 0.1) is 18.9 Å². The summed E-state index contributed by atoms with van der Waals surface area (Å²) in [5, 5.41) is 3.13. The maximum atomic E-state index is 5.53. The van der Waals surface area contributed by atoms with Crippen molar-refractivity contribution in [1.82, 2.24) is 15.2 Å². The largest absolute Gasteiger partial charge is 0.378 e. The molecular weight excluding hydrogens is 226 g/mol. The van der Waals surface area contributed by atoms with Crippen molar-refractivity contribution in [3.63, 3.8) is 0 Å². The molecule has 0 unspecified atom stereocenters. The van der Waals surface area contributed by atoms with Crippen molar-refractivity contribution in [3.05, 3.63) is 29.6 Å². The molecule has 1 N–H and O–H groups in total. The predicted octanol–water partition coefficient (Wildman–Crippen LogP) is 1.41. The molecule has 0 atom stereocenters. The highest BCUT2D eigenvalue weighted by Crippen LogP contribution is 2.20. The van der Waals surface area contributed by atoms with Gasteiger partial charge in [0.15, 0.2) is 0 Å². The number of ether oxygens (including phenoxy) is 1. The van der Waals surface area contributed by atoms with Crippen LogP contribution >= 0.6 is 0 Å². The van der Waals surface area contributed by atoms with E-state index in [4.69, 9.17) is 4.74 Å². The summed E-state index contributed by atoms with van der Waals surface area (Å²) >= 11 is 0. The van der Waals surface area contributed by atoms with Gasteiger partial charge in [0, 0.05) is 31.4 Å². The molecule has 4 nitrogen and oxygen atoms in total. The molecule has 1 aliphatic heterocycles. The van der Waals surface area contributed by atoms with Crippen molar-refractivity contribution >= 4 is 0 Å². The second-order valence-corrected chi connectivity index (χ2v) is 5.47. The quantitative estimate of drug-likeness (QED) is 0.875. The van der Waals surface area contributed by atoms with Gasteiger partial charge in [-0.05, 0) is 32.5 Å². The molecule has 1 aromatic rings. The van der Waals surface area contributed by atoms with Gasteiger partial charge in [-0.1, -0.05) is 6.07 Å². The number of hydrogen-bond acceptors (Lipinski definition) is 4. The lowest BCUT2D eigenvalue weighted by atomic mass is 10.0. The fraction of sp³-hybridized carbons (Fsp3) is 0.643. The van der Waals surface area contributed by atoms with E-state index in [9.17, 15) is 0 Å². The second-order valence-electron chi connectivity index (χ2n) is 5.47. The molecule has 0 aliphatic carbocycles. The van der Waals surface area contributed by atoms with Gasteiger partial charge in [-0.2, -0.15) is 0 Å². The lowest BCUT2D eigenvalue weighted by Crippen LogP contribution is -2.52. The summed E-state index contributed by atoms with van der Waals surface area (Å²) in [5.74, 6) is 0. The SMILES string of the molecule is CNCc1ccc(CN2CCOCC2(C)C)nc1. The highest BCUT2D eigenvalue weighted by molar-refractivity contribution is 5.14. The Kier molecular flexibility index (Phi) is 4.32. The Hall–Kier alpha value is -0.970. The van der Waals surface area contributed by atoms with E-state index in [0.717, 1.165) is 38.5 Å². The molecule has 18 heavy (non-hydrogen) atoms. The number of pyridine rings is 1. The molecule has 0 spiro atoms. The molecule has 0 aromatic carbocycles. The Labute approximate surface area is 109 Å². The zero-order valence-electron chi connectivity index (χ0n) is 11.6. The Morgan fingerprint density at radius 3 is 2.89 bits per heavy atom. The smallest absolute Gasteiger partial charge is 0.0645 e. The van der Waals surface area contributed by atoms with Crippen LogP contribution in [0.3, 0.4) is 0 Å². The minimum Gasteiger partial charge on any atom is -0.378 e. The van der Waals surface area contributed by atoms with Crippen LogP contribution < -0.4 is 5.32 Å². The fourth-order valence-corrected chi connectivity index (χ4v) is 2.24. The summed E-state index contributed by atoms with van der Waals surface area (Å²) in [5.41, 5.74) is 2.45. The van der Waals surface area contributed by atoms with E-state index in [-0.39, 0.29) is 5.54 Å². The minimum atomic E-state index is 0.101. The van der Waals surface area contributed by atoms with Crippen LogP contribution in [0.2, 0.25) is 0 Å². The Morgan fingerprint density at radius 2 is 2.28 bits per heavy atom. The number of nitrogens with one attached hydrogen (secondary N) is 1. The predicted molar refractivity (Wildman–Crippen MR) is 72.3 cm³/mol. The van der Waals surface area contributed by atoms with Crippen LogP contribution in [0.4, 0.5) is 0 Å². The normalized spacial score (nSPS) is 19.9. The summed E-state index contributed by atoms with van der Waals surface area (Å²) in [7, 11) is 1.95. The molecule has 100 valence electrons. The molecular formula is C14H23N3O. The standard InChI is InChI=1S/C14H23N3O/c1-14(2)11-18-7-6-17(14)10-13-5-4-12(8-15-3)9-16-13/h4-5,9,15H,6-8,10-11H2,1-3H3. The van der Waals surface area contributed by atoms with Gasteiger partial charge >= 0.3 is 0 Å². The van der Waals surface area contributed by atoms with Gasteiger partial charge in [0.2, 0.25) is 0 Å². The Balaban J connectivity index is 1.99. The van der Waals surface area contributed by atoms with Crippen LogP contribution in [0, 0.1) is 0 Å². The number of aromatic nitrogens is 1. The summed E-state index contributed by atoms with van der Waals surface area (Å²) in [6, 6.07) is 4.27. The first kappa shape index (κ1) is 13.5. The van der Waals surface area contributed by atoms with Gasteiger partial charge in [0.25, 0.3) is 0 Å². The average Bonchev–Trinajstić information content (AvgIpc) is 2.34. The molecule has 4 heteroatoms. The van der Waals surface area contributed by atoms with Crippen molar-refractivity contribution in [3.8, 4) is 0 Å². The van der Waals surface area contributed by atoms with Gasteiger partial charge in [-0.3, -0.25) is 9.88 Å². The molecule has 0 bridgehead atoms. The second kappa shape index (κ2) is 5.78. The zero-order valence-corrected chi connectivity index (χ0v) is 11.6. The molecule has 0 radical (unpaired) electrons. The molecule has 0 amide bonds. The highest BCUT2D eigenvalue weighted by Gasteiger charge is 2.30. The first-order chi connectivity index (χ1) is 8.62. The van der Waals surface area contributed by atoms with Gasteiger partial charge in [0.1, 0.15) is 0 Å². The van der Waals surface area contributed by atoms with Crippen LogP contribution in [0.1, 0.15) is 25.1 Å². The van der Waals surface area contributed by atoms with Crippen molar-refractivity contribution in [2.45, 2.75) is 32.5 Å². The van der Waals surface area contributed by atoms with Crippen LogP contribution in [0.15, 0.2) is 18.3 Å². The third-order valence-electron chi connectivity index (χ3n) is 3.44. The molecule has 2 rings (SSSR count). The summed E-state index contributed by atoms with van der Waals surface area (Å²) in [4.78, 5) is 6.98. The maximum absolute atomic E-state index is 5.53. The third-order valence-corrected chi connectivity index (χ3v) is 3.44. The molecule has 1 aliphatic rings. The van der Waals surface area contributed by atoms with Crippen molar-refractivity contribution in [2.24, 2.45) is 0 Å². The van der Waals surface area contributed by atoms with E-state index in [2.05, 4.69) is 41.2 Å². The first-order valence-corrected chi connectivity index (χ1v) is 6.53. The van der Waals surface area contributed by atoms with Crippen LogP contribution in [0.25, 0.3) is 0 Å². The Morgan fingerprint density at radius 1 is 1.44 bits per heavy atom. The van der Waals surface area contributed by atoms with E-state index < -0.39 is 0 Å². The first-order valence-electron chi connectivity index (χ1n) is 6.53. The topological polar surface area (TPSA) is 37.4 Å². The molecule has 1 saturated heterocycles. The van der Waals surface area contributed by atoms with Crippen molar-refractivity contribution in [1.29, 1.82) is 0 Å². The fourth-order valence-electron chi connectivity index (χ4n) is 2.24. The van der Waals surface area contributed by atoms with Gasteiger partial charge in [-0.15, -0.1) is 0 Å². The van der Waals surface area contributed by atoms with E-state index in [1.165, 1.54) is 5.56 Å². The maximum Gasteiger partial charge on any atom is 0.0645 e. The minimum absolute atomic E-state index is 0.101. The molecule has 1 aromatic heterocycles. The lowest BCUT2D eigenvalue weighted by molar-refractivity contribution is -0.0557. The molecule has 0 saturated carbocycles. The molecule has 1 fully saturated rings. The number of morpholine rings is 1. The van der Waals surface area contributed by atoms with Crippen molar-refractivity contribution in [2.75, 3.05) is 26.8 Å². The van der Waals surface area contributed by atoms with Crippen LogP contribution in [-0.2, 0) is 17.8 Å². The van der Waals surface area contributed by atoms with Gasteiger partial charge in [-0.25, -0.2) is 0 Å². The van der Waals surface area contributed by atoms with Crippen LogP contribution in [-0.4, -0.2) is 42.2 Å². The lowest BCUT2D eigenvalue weighted by Gasteiger charge is -2.41. The van der Waals surface area contributed by atoms with E-state index in [0.29, 0.717) is 0 Å². The molecule has 2 heterocycles. The average molecular weight is 249 g/mol. The summed E-state index contributed by atoms with van der Waals surface area (Å²) < 4.78 is 5.53. The van der Waals surface area contributed by atoms with E-state index in [1.54, 1.807) is 0 Å². The van der Waals surface area contributed by atoms with E-state index >= 15 is 0 Å². The highest BCUT2D eigenvalue weighted by atomic mass is 16.5. The van der Waals surface area contributed by atoms with Crippen LogP contribution in [0.5, 0.6) is 0 Å². The monoisotopic (exact) mass is 249 g/mol. The Bertz CT molecular complexity index is 375. The summed E-state index contributed by atoms with van der Waals surface area (Å²) in [6.07, 6.45) is 1.96. The zero-order chi connectivity index (χ0) is 13.0. The summed E-state index contributed by atoms with van der Waals surface area (Å²) in [6.45, 7) is 8.81. The van der Waals surface area contributed by atoms with Crippen molar-refractivity contribution < 1.29 is 4.74 Å². The van der Waals surface area contributed by atoms with Gasteiger partial charge < -0.3 is 10.1 Å². The third kappa shape index (κ3) is 3.28. The number of hydrogen-bond donors (Lipinski definition) is 1. The number of rotatable bonds is 4.